The molecule has 0 saturated heterocycles. The molecule has 1 aromatic rings. The van der Waals surface area contributed by atoms with Gasteiger partial charge < -0.3 is 0 Å². The van der Waals surface area contributed by atoms with E-state index in [0.717, 1.165) is 5.75 Å². The number of aryl methyl sites for hydroxylation is 1. The predicted molar refractivity (Wildman–Crippen MR) is 124 cm³/mol. The second kappa shape index (κ2) is 15.0. The molecule has 0 aliphatic carbocycles. The summed E-state index contributed by atoms with van der Waals surface area (Å²) in [6.07, 6.45) is 15.3. The Morgan fingerprint density at radius 1 is 0.778 bits per heavy atom. The van der Waals surface area contributed by atoms with E-state index in [0.29, 0.717) is 0 Å². The van der Waals surface area contributed by atoms with Crippen molar-refractivity contribution in [1.82, 2.24) is 4.90 Å². The standard InChI is InChI=1S/C24H43N2S/c1-6-7-8-9-10-11-12-13-14-15-16-22-17-19-23(20-18-22)21-27-24(25(2)3)26(4)5/h17-20H,6-16,21H2,1-5H3/q+1. The van der Waals surface area contributed by atoms with E-state index in [9.17, 15) is 0 Å². The molecule has 0 aliphatic heterocycles. The van der Waals surface area contributed by atoms with E-state index in [1.807, 2.05) is 11.8 Å². The van der Waals surface area contributed by atoms with Gasteiger partial charge in [-0.1, -0.05) is 89.0 Å². The van der Waals surface area contributed by atoms with Crippen LogP contribution in [0.5, 0.6) is 0 Å². The smallest absolute Gasteiger partial charge is 0.262 e. The molecule has 0 heterocycles. The van der Waals surface area contributed by atoms with Gasteiger partial charge in [0.05, 0.1) is 28.2 Å². The fourth-order valence-electron chi connectivity index (χ4n) is 3.42. The summed E-state index contributed by atoms with van der Waals surface area (Å²) in [6.45, 7) is 2.29. The van der Waals surface area contributed by atoms with Crippen molar-refractivity contribution in [1.29, 1.82) is 0 Å². The van der Waals surface area contributed by atoms with Crippen LogP contribution in [0.2, 0.25) is 0 Å². The molecule has 27 heavy (non-hydrogen) atoms. The number of benzene rings is 1. The third kappa shape index (κ3) is 11.5. The molecular formula is C24H43N2S+. The highest BCUT2D eigenvalue weighted by atomic mass is 32.2. The fourth-order valence-corrected chi connectivity index (χ4v) is 4.43. The first-order valence-corrected chi connectivity index (χ1v) is 12.0. The summed E-state index contributed by atoms with van der Waals surface area (Å²) in [7, 11) is 8.44. The molecule has 0 aliphatic rings. The normalized spacial score (nSPS) is 10.9. The van der Waals surface area contributed by atoms with Gasteiger partial charge in [0.25, 0.3) is 0 Å². The van der Waals surface area contributed by atoms with Crippen LogP contribution < -0.4 is 0 Å². The van der Waals surface area contributed by atoms with Gasteiger partial charge >= 0.3 is 5.17 Å². The summed E-state index contributed by atoms with van der Waals surface area (Å²) < 4.78 is 2.18. The largest absolute Gasteiger partial charge is 0.307 e. The molecular weight excluding hydrogens is 348 g/mol. The molecule has 154 valence electrons. The van der Waals surface area contributed by atoms with Crippen LogP contribution >= 0.6 is 11.8 Å². The van der Waals surface area contributed by atoms with Crippen LogP contribution in [0.4, 0.5) is 0 Å². The number of hydrogen-bond acceptors (Lipinski definition) is 1. The molecule has 0 fully saturated rings. The van der Waals surface area contributed by atoms with Gasteiger partial charge in [-0.3, -0.25) is 9.48 Å². The fraction of sp³-hybridized carbons (Fsp3) is 0.708. The molecule has 2 nitrogen and oxygen atoms in total. The van der Waals surface area contributed by atoms with Gasteiger partial charge in [0.2, 0.25) is 0 Å². The van der Waals surface area contributed by atoms with Crippen LogP contribution in [-0.4, -0.2) is 42.8 Å². The Morgan fingerprint density at radius 2 is 1.26 bits per heavy atom. The second-order valence-corrected chi connectivity index (χ2v) is 9.05. The first-order valence-electron chi connectivity index (χ1n) is 11.0. The van der Waals surface area contributed by atoms with Crippen LogP contribution in [0, 0.1) is 0 Å². The second-order valence-electron chi connectivity index (χ2n) is 8.11. The highest BCUT2D eigenvalue weighted by molar-refractivity contribution is 8.12. The van der Waals surface area contributed by atoms with Crippen molar-refractivity contribution < 1.29 is 4.58 Å². The first-order chi connectivity index (χ1) is 13.0. The van der Waals surface area contributed by atoms with Crippen molar-refractivity contribution in [3.05, 3.63) is 35.4 Å². The van der Waals surface area contributed by atoms with Crippen LogP contribution in [-0.2, 0) is 12.2 Å². The Hall–Kier alpha value is -0.960. The van der Waals surface area contributed by atoms with E-state index in [-0.39, 0.29) is 0 Å². The maximum atomic E-state index is 2.33. The van der Waals surface area contributed by atoms with Crippen molar-refractivity contribution in [3.63, 3.8) is 0 Å². The van der Waals surface area contributed by atoms with Crippen LogP contribution in [0.15, 0.2) is 24.3 Å². The minimum Gasteiger partial charge on any atom is -0.262 e. The highest BCUT2D eigenvalue weighted by Crippen LogP contribution is 2.17. The van der Waals surface area contributed by atoms with E-state index in [1.165, 1.54) is 86.9 Å². The Balaban J connectivity index is 2.15. The summed E-state index contributed by atoms with van der Waals surface area (Å²) >= 11 is 1.90. The molecule has 0 aromatic heterocycles. The number of hydrogen-bond donors (Lipinski definition) is 0. The summed E-state index contributed by atoms with van der Waals surface area (Å²) in [4.78, 5) is 2.18. The quantitative estimate of drug-likeness (QED) is 0.162. The van der Waals surface area contributed by atoms with Gasteiger partial charge in [-0.2, -0.15) is 0 Å². The summed E-state index contributed by atoms with van der Waals surface area (Å²) in [6, 6.07) is 9.27. The monoisotopic (exact) mass is 391 g/mol. The number of amidine groups is 1. The zero-order chi connectivity index (χ0) is 19.9. The van der Waals surface area contributed by atoms with E-state index in [2.05, 4.69) is 68.9 Å². The summed E-state index contributed by atoms with van der Waals surface area (Å²) in [5, 5.41) is 1.30. The third-order valence-electron chi connectivity index (χ3n) is 4.98. The maximum absolute atomic E-state index is 2.33. The average Bonchev–Trinajstić information content (AvgIpc) is 2.64. The highest BCUT2D eigenvalue weighted by Gasteiger charge is 2.12. The lowest BCUT2D eigenvalue weighted by Crippen LogP contribution is -2.26. The molecule has 1 aromatic carbocycles. The molecule has 0 radical (unpaired) electrons. The first kappa shape index (κ1) is 24.1. The van der Waals surface area contributed by atoms with Gasteiger partial charge in [0.1, 0.15) is 0 Å². The molecule has 3 heteroatoms. The van der Waals surface area contributed by atoms with E-state index >= 15 is 0 Å². The maximum Gasteiger partial charge on any atom is 0.307 e. The molecule has 0 bridgehead atoms. The number of thioether (sulfide) groups is 1. The number of nitrogens with zero attached hydrogens (tertiary/aromatic N) is 2. The minimum absolute atomic E-state index is 1.03. The SMILES string of the molecule is CCCCCCCCCCCCc1ccc(CSC(N(C)C)=[N+](C)C)cc1. The van der Waals surface area contributed by atoms with Crippen LogP contribution in [0.3, 0.4) is 0 Å². The number of unbranched alkanes of at least 4 members (excludes halogenated alkanes) is 9. The molecule has 0 saturated carbocycles. The summed E-state index contributed by atoms with van der Waals surface area (Å²) in [5.74, 6) is 1.03. The van der Waals surface area contributed by atoms with Crippen molar-refractivity contribution in [2.75, 3.05) is 28.2 Å². The average molecular weight is 392 g/mol. The molecule has 0 atom stereocenters. The zero-order valence-electron chi connectivity index (χ0n) is 18.6. The zero-order valence-corrected chi connectivity index (χ0v) is 19.4. The van der Waals surface area contributed by atoms with Crippen LogP contribution in [0.1, 0.15) is 82.3 Å². The van der Waals surface area contributed by atoms with E-state index < -0.39 is 0 Å². The topological polar surface area (TPSA) is 6.25 Å². The van der Waals surface area contributed by atoms with Gasteiger partial charge in [-0.15, -0.1) is 0 Å². The Bertz CT molecular complexity index is 516. The van der Waals surface area contributed by atoms with Gasteiger partial charge in [-0.25, -0.2) is 0 Å². The Labute approximate surface area is 173 Å². The lowest BCUT2D eigenvalue weighted by atomic mass is 10.0. The van der Waals surface area contributed by atoms with E-state index in [1.54, 1.807) is 0 Å². The molecule has 0 spiro atoms. The molecule has 0 amide bonds. The minimum atomic E-state index is 1.03. The number of rotatable bonds is 13. The lowest BCUT2D eigenvalue weighted by Gasteiger charge is -2.10. The third-order valence-corrected chi connectivity index (χ3v) is 6.44. The van der Waals surface area contributed by atoms with Gasteiger partial charge in [-0.05, 0) is 35.7 Å². The Kier molecular flexibility index (Phi) is 13.4. The van der Waals surface area contributed by atoms with Gasteiger partial charge in [0.15, 0.2) is 0 Å². The van der Waals surface area contributed by atoms with Crippen molar-refractivity contribution >= 4 is 16.9 Å². The van der Waals surface area contributed by atoms with Crippen molar-refractivity contribution in [3.8, 4) is 0 Å². The van der Waals surface area contributed by atoms with Crippen LogP contribution in [0.25, 0.3) is 0 Å². The lowest BCUT2D eigenvalue weighted by molar-refractivity contribution is -0.466. The Morgan fingerprint density at radius 3 is 1.74 bits per heavy atom. The van der Waals surface area contributed by atoms with E-state index in [4.69, 9.17) is 0 Å². The van der Waals surface area contributed by atoms with Crippen molar-refractivity contribution in [2.24, 2.45) is 0 Å². The summed E-state index contributed by atoms with van der Waals surface area (Å²) in [5.41, 5.74) is 2.90. The molecule has 1 rings (SSSR count). The molecule has 0 unspecified atom stereocenters. The van der Waals surface area contributed by atoms with Crippen molar-refractivity contribution in [2.45, 2.75) is 83.3 Å². The predicted octanol–water partition coefficient (Wildman–Crippen LogP) is 6.57. The molecule has 0 N–H and O–H groups in total. The van der Waals surface area contributed by atoms with Gasteiger partial charge in [0, 0.05) is 5.75 Å².